The largest absolute Gasteiger partial charge is 0.348 e. The molecule has 0 atom stereocenters. The summed E-state index contributed by atoms with van der Waals surface area (Å²) in [6.07, 6.45) is 0. The Kier molecular flexibility index (Phi) is 7.02. The minimum atomic E-state index is -0.545. The first-order valence-corrected chi connectivity index (χ1v) is 9.62. The van der Waals surface area contributed by atoms with Gasteiger partial charge in [0.05, 0.1) is 4.92 Å². The molecule has 0 saturated carbocycles. The maximum absolute atomic E-state index is 12.4. The smallest absolute Gasteiger partial charge is 0.269 e. The average molecular weight is 434 g/mol. The van der Waals surface area contributed by atoms with Crippen LogP contribution in [0.3, 0.4) is 0 Å². The Morgan fingerprint density at radius 2 is 1.58 bits per heavy atom. The van der Waals surface area contributed by atoms with Crippen LogP contribution in [0.2, 0.25) is 0 Å². The molecular weight excluding hydrogens is 416 g/mol. The lowest BCUT2D eigenvalue weighted by atomic mass is 10.1. The molecule has 0 unspecified atom stereocenters. The van der Waals surface area contributed by atoms with Crippen LogP contribution < -0.4 is 16.0 Å². The van der Waals surface area contributed by atoms with E-state index in [0.717, 1.165) is 5.56 Å². The fraction of sp³-hybridized carbons (Fsp3) is 0.0455. The van der Waals surface area contributed by atoms with Gasteiger partial charge in [-0.25, -0.2) is 0 Å². The molecule has 0 heterocycles. The van der Waals surface area contributed by atoms with Gasteiger partial charge in [0, 0.05) is 35.5 Å². The summed E-state index contributed by atoms with van der Waals surface area (Å²) in [7, 11) is 0. The number of carbonyl (C=O) groups excluding carboxylic acids is 2. The molecule has 3 aromatic carbocycles. The van der Waals surface area contributed by atoms with Crippen molar-refractivity contribution in [3.05, 3.63) is 106 Å². The summed E-state index contributed by atoms with van der Waals surface area (Å²) < 4.78 is 0. The normalized spacial score (nSPS) is 10.1. The van der Waals surface area contributed by atoms with Crippen LogP contribution in [-0.2, 0) is 6.54 Å². The van der Waals surface area contributed by atoms with E-state index in [0.29, 0.717) is 17.8 Å². The summed E-state index contributed by atoms with van der Waals surface area (Å²) in [6.45, 7) is 0.404. The molecule has 31 heavy (non-hydrogen) atoms. The maximum atomic E-state index is 12.4. The first-order valence-electron chi connectivity index (χ1n) is 9.21. The van der Waals surface area contributed by atoms with Gasteiger partial charge >= 0.3 is 0 Å². The number of nitro benzene ring substituents is 1. The van der Waals surface area contributed by atoms with Crippen molar-refractivity contribution in [2.45, 2.75) is 6.54 Å². The molecule has 0 aromatic heterocycles. The number of hydrogen-bond acceptors (Lipinski definition) is 5. The van der Waals surface area contributed by atoms with Gasteiger partial charge < -0.3 is 10.6 Å². The second-order valence-corrected chi connectivity index (χ2v) is 6.87. The number of carbonyl (C=O) groups is 2. The van der Waals surface area contributed by atoms with Gasteiger partial charge in [-0.05, 0) is 48.1 Å². The van der Waals surface area contributed by atoms with Crippen molar-refractivity contribution in [1.82, 2.24) is 10.6 Å². The van der Waals surface area contributed by atoms with Crippen LogP contribution in [0, 0.1) is 10.1 Å². The lowest BCUT2D eigenvalue weighted by molar-refractivity contribution is -0.384. The van der Waals surface area contributed by atoms with E-state index in [9.17, 15) is 19.7 Å². The summed E-state index contributed by atoms with van der Waals surface area (Å²) in [6, 6.07) is 21.4. The molecule has 0 saturated heterocycles. The number of non-ortho nitro benzene ring substituents is 1. The molecule has 0 aliphatic carbocycles. The molecule has 8 nitrogen and oxygen atoms in total. The third kappa shape index (κ3) is 6.18. The molecule has 3 rings (SSSR count). The number of rotatable bonds is 6. The van der Waals surface area contributed by atoms with E-state index < -0.39 is 10.8 Å². The zero-order chi connectivity index (χ0) is 22.2. The van der Waals surface area contributed by atoms with E-state index in [1.165, 1.54) is 24.3 Å². The topological polar surface area (TPSA) is 113 Å². The summed E-state index contributed by atoms with van der Waals surface area (Å²) in [4.78, 5) is 34.8. The highest BCUT2D eigenvalue weighted by Gasteiger charge is 2.12. The van der Waals surface area contributed by atoms with Crippen molar-refractivity contribution in [3.63, 3.8) is 0 Å². The van der Waals surface area contributed by atoms with Gasteiger partial charge in [-0.2, -0.15) is 0 Å². The van der Waals surface area contributed by atoms with Crippen molar-refractivity contribution in [1.29, 1.82) is 0 Å². The summed E-state index contributed by atoms with van der Waals surface area (Å²) in [5.74, 6) is -0.752. The van der Waals surface area contributed by atoms with Gasteiger partial charge in [-0.3, -0.25) is 25.0 Å². The summed E-state index contributed by atoms with van der Waals surface area (Å²) in [5.41, 5.74) is 2.07. The van der Waals surface area contributed by atoms with Crippen molar-refractivity contribution in [2.24, 2.45) is 0 Å². The molecule has 0 aliphatic rings. The summed E-state index contributed by atoms with van der Waals surface area (Å²) >= 11 is 5.15. The van der Waals surface area contributed by atoms with Gasteiger partial charge in [0.15, 0.2) is 5.11 Å². The fourth-order valence-electron chi connectivity index (χ4n) is 2.69. The van der Waals surface area contributed by atoms with Crippen LogP contribution in [0.15, 0.2) is 78.9 Å². The van der Waals surface area contributed by atoms with Crippen LogP contribution >= 0.6 is 12.2 Å². The molecule has 0 spiro atoms. The Hall–Kier alpha value is -4.11. The SMILES string of the molecule is O=C(NCc1ccccc1)c1cccc(NC(=S)NC(=O)c2ccc([N+](=O)[O-])cc2)c1. The monoisotopic (exact) mass is 434 g/mol. The van der Waals surface area contributed by atoms with Crippen molar-refractivity contribution in [2.75, 3.05) is 5.32 Å². The maximum Gasteiger partial charge on any atom is 0.269 e. The van der Waals surface area contributed by atoms with E-state index in [-0.39, 0.29) is 22.3 Å². The molecule has 156 valence electrons. The fourth-order valence-corrected chi connectivity index (χ4v) is 2.90. The Labute approximate surface area is 183 Å². The lowest BCUT2D eigenvalue weighted by Crippen LogP contribution is -2.34. The number of hydrogen-bond donors (Lipinski definition) is 3. The Morgan fingerprint density at radius 3 is 2.26 bits per heavy atom. The minimum absolute atomic E-state index is 0.0326. The molecule has 2 amide bonds. The third-order valence-electron chi connectivity index (χ3n) is 4.25. The van der Waals surface area contributed by atoms with Crippen molar-refractivity contribution >= 4 is 40.5 Å². The number of nitrogens with one attached hydrogen (secondary N) is 3. The first-order chi connectivity index (χ1) is 14.9. The number of anilines is 1. The highest BCUT2D eigenvalue weighted by atomic mass is 32.1. The molecule has 0 radical (unpaired) electrons. The predicted molar refractivity (Wildman–Crippen MR) is 121 cm³/mol. The van der Waals surface area contributed by atoms with Crippen LogP contribution in [0.1, 0.15) is 26.3 Å². The van der Waals surface area contributed by atoms with E-state index in [2.05, 4.69) is 16.0 Å². The van der Waals surface area contributed by atoms with Gasteiger partial charge in [0.1, 0.15) is 0 Å². The molecule has 3 aromatic rings. The number of amides is 2. The average Bonchev–Trinajstić information content (AvgIpc) is 2.78. The second kappa shape index (κ2) is 10.1. The summed E-state index contributed by atoms with van der Waals surface area (Å²) in [5, 5.41) is 18.9. The number of nitro groups is 1. The molecular formula is C22H18N4O4S. The number of thiocarbonyl (C=S) groups is 1. The highest BCUT2D eigenvalue weighted by molar-refractivity contribution is 7.80. The lowest BCUT2D eigenvalue weighted by Gasteiger charge is -2.11. The standard InChI is InChI=1S/C22H18N4O4S/c27-20(23-14-15-5-2-1-3-6-15)17-7-4-8-18(13-17)24-22(31)25-21(28)16-9-11-19(12-10-16)26(29)30/h1-13H,14H2,(H,23,27)(H2,24,25,28,31). The zero-order valence-electron chi connectivity index (χ0n) is 16.2. The molecule has 9 heteroatoms. The zero-order valence-corrected chi connectivity index (χ0v) is 17.0. The predicted octanol–water partition coefficient (Wildman–Crippen LogP) is 3.65. The van der Waals surface area contributed by atoms with E-state index in [4.69, 9.17) is 12.2 Å². The van der Waals surface area contributed by atoms with Gasteiger partial charge in [-0.15, -0.1) is 0 Å². The molecule has 3 N–H and O–H groups in total. The quantitative estimate of drug-likeness (QED) is 0.310. The molecule has 0 bridgehead atoms. The van der Waals surface area contributed by atoms with E-state index in [1.54, 1.807) is 24.3 Å². The Balaban J connectivity index is 1.57. The molecule has 0 fully saturated rings. The van der Waals surface area contributed by atoms with Gasteiger partial charge in [0.2, 0.25) is 0 Å². The van der Waals surface area contributed by atoms with Crippen molar-refractivity contribution < 1.29 is 14.5 Å². The van der Waals surface area contributed by atoms with Crippen LogP contribution in [0.25, 0.3) is 0 Å². The Bertz CT molecular complexity index is 1120. The third-order valence-corrected chi connectivity index (χ3v) is 4.45. The minimum Gasteiger partial charge on any atom is -0.348 e. The van der Waals surface area contributed by atoms with Crippen LogP contribution in [0.5, 0.6) is 0 Å². The van der Waals surface area contributed by atoms with Crippen molar-refractivity contribution in [3.8, 4) is 0 Å². The van der Waals surface area contributed by atoms with Gasteiger partial charge in [0.25, 0.3) is 17.5 Å². The van der Waals surface area contributed by atoms with Crippen LogP contribution in [-0.4, -0.2) is 21.9 Å². The molecule has 0 aliphatic heterocycles. The van der Waals surface area contributed by atoms with Crippen LogP contribution in [0.4, 0.5) is 11.4 Å². The first kappa shape index (κ1) is 21.6. The Morgan fingerprint density at radius 1 is 0.871 bits per heavy atom. The second-order valence-electron chi connectivity index (χ2n) is 6.46. The highest BCUT2D eigenvalue weighted by Crippen LogP contribution is 2.13. The number of benzene rings is 3. The number of nitrogens with zero attached hydrogens (tertiary/aromatic N) is 1. The van der Waals surface area contributed by atoms with Gasteiger partial charge in [-0.1, -0.05) is 36.4 Å². The van der Waals surface area contributed by atoms with E-state index in [1.807, 2.05) is 30.3 Å². The van der Waals surface area contributed by atoms with E-state index >= 15 is 0 Å².